The van der Waals surface area contributed by atoms with Crippen LogP contribution in [0.25, 0.3) is 0 Å². The van der Waals surface area contributed by atoms with Crippen LogP contribution in [0.3, 0.4) is 0 Å². The third kappa shape index (κ3) is 3.91. The van der Waals surface area contributed by atoms with Crippen LogP contribution in [0.15, 0.2) is 9.98 Å². The largest absolute Gasteiger partial charge is 0.267 e. The summed E-state index contributed by atoms with van der Waals surface area (Å²) in [5, 5.41) is 0. The SMILES string of the molecule is CCN=C=NC(CC)(N(CC)CC)N(CC)CC. The Bertz CT molecular complexity index is 249. The molecule has 0 unspecified atom stereocenters. The van der Waals surface area contributed by atoms with Crippen LogP contribution in [0.5, 0.6) is 0 Å². The second-order valence-electron chi connectivity index (χ2n) is 4.16. The summed E-state index contributed by atoms with van der Waals surface area (Å²) in [6.45, 7) is 17.6. The van der Waals surface area contributed by atoms with Gasteiger partial charge in [-0.3, -0.25) is 9.80 Å². The first-order valence-electron chi connectivity index (χ1n) is 7.30. The molecule has 0 aliphatic carbocycles. The van der Waals surface area contributed by atoms with Crippen LogP contribution >= 0.6 is 0 Å². The van der Waals surface area contributed by atoms with E-state index < -0.39 is 0 Å². The Hall–Kier alpha value is -0.700. The fraction of sp³-hybridized carbons (Fsp3) is 0.929. The Kier molecular flexibility index (Phi) is 8.90. The Morgan fingerprint density at radius 3 is 1.56 bits per heavy atom. The van der Waals surface area contributed by atoms with Crippen molar-refractivity contribution in [1.82, 2.24) is 9.80 Å². The van der Waals surface area contributed by atoms with Crippen molar-refractivity contribution in [1.29, 1.82) is 0 Å². The standard InChI is InChI=1S/C14H30N4/c1-7-14(16-13-15-8-2,17(9-3)10-4)18(11-5)12-6/h7-12H2,1-6H3. The maximum Gasteiger partial charge on any atom is 0.179 e. The summed E-state index contributed by atoms with van der Waals surface area (Å²) in [7, 11) is 0. The maximum absolute atomic E-state index is 4.68. The molecule has 0 saturated carbocycles. The minimum absolute atomic E-state index is 0.286. The Morgan fingerprint density at radius 1 is 0.833 bits per heavy atom. The molecule has 0 rings (SSSR count). The zero-order valence-electron chi connectivity index (χ0n) is 13.0. The van der Waals surface area contributed by atoms with Gasteiger partial charge in [-0.05, 0) is 39.5 Å². The summed E-state index contributed by atoms with van der Waals surface area (Å²) in [6.07, 6.45) is 0.947. The lowest BCUT2D eigenvalue weighted by Crippen LogP contribution is -2.59. The third-order valence-corrected chi connectivity index (χ3v) is 3.47. The summed E-state index contributed by atoms with van der Waals surface area (Å²) in [6, 6.07) is 2.89. The minimum Gasteiger partial charge on any atom is -0.267 e. The predicted molar refractivity (Wildman–Crippen MR) is 79.3 cm³/mol. The monoisotopic (exact) mass is 254 g/mol. The number of hydrogen-bond donors (Lipinski definition) is 0. The molecule has 0 aromatic heterocycles. The molecule has 0 fully saturated rings. The van der Waals surface area contributed by atoms with Gasteiger partial charge in [-0.25, -0.2) is 4.99 Å². The van der Waals surface area contributed by atoms with Crippen molar-refractivity contribution in [3.63, 3.8) is 0 Å². The highest BCUT2D eigenvalue weighted by molar-refractivity contribution is 5.42. The van der Waals surface area contributed by atoms with Crippen molar-refractivity contribution in [2.45, 2.75) is 53.8 Å². The normalized spacial score (nSPS) is 11.8. The van der Waals surface area contributed by atoms with E-state index in [1.165, 1.54) is 0 Å². The Balaban J connectivity index is 5.50. The molecule has 4 heteroatoms. The molecule has 106 valence electrons. The summed E-state index contributed by atoms with van der Waals surface area (Å²) < 4.78 is 0. The molecule has 0 radical (unpaired) electrons. The number of aliphatic imine (C=N–C) groups is 2. The quantitative estimate of drug-likeness (QED) is 0.468. The van der Waals surface area contributed by atoms with Crippen LogP contribution in [-0.4, -0.2) is 54.3 Å². The van der Waals surface area contributed by atoms with Gasteiger partial charge in [0.15, 0.2) is 5.79 Å². The smallest absolute Gasteiger partial charge is 0.179 e. The van der Waals surface area contributed by atoms with E-state index in [0.717, 1.165) is 39.1 Å². The van der Waals surface area contributed by atoms with Crippen molar-refractivity contribution < 1.29 is 0 Å². The first-order valence-corrected chi connectivity index (χ1v) is 7.30. The van der Waals surface area contributed by atoms with E-state index >= 15 is 0 Å². The second-order valence-corrected chi connectivity index (χ2v) is 4.16. The molecule has 0 aliphatic heterocycles. The molecule has 0 N–H and O–H groups in total. The van der Waals surface area contributed by atoms with Crippen LogP contribution in [0, 0.1) is 0 Å². The zero-order valence-corrected chi connectivity index (χ0v) is 13.0. The molecule has 0 bridgehead atoms. The van der Waals surface area contributed by atoms with Crippen molar-refractivity contribution in [3.05, 3.63) is 0 Å². The maximum atomic E-state index is 4.68. The number of hydrogen-bond acceptors (Lipinski definition) is 4. The van der Waals surface area contributed by atoms with Crippen LogP contribution in [0.4, 0.5) is 0 Å². The van der Waals surface area contributed by atoms with Gasteiger partial charge in [-0.2, -0.15) is 4.99 Å². The third-order valence-electron chi connectivity index (χ3n) is 3.47. The topological polar surface area (TPSA) is 31.2 Å². The highest BCUT2D eigenvalue weighted by Crippen LogP contribution is 2.25. The van der Waals surface area contributed by atoms with Crippen LogP contribution in [0.2, 0.25) is 0 Å². The van der Waals surface area contributed by atoms with Gasteiger partial charge >= 0.3 is 0 Å². The van der Waals surface area contributed by atoms with E-state index in [1.54, 1.807) is 0 Å². The van der Waals surface area contributed by atoms with E-state index in [0.29, 0.717) is 0 Å². The van der Waals surface area contributed by atoms with Gasteiger partial charge in [0, 0.05) is 6.54 Å². The molecule has 18 heavy (non-hydrogen) atoms. The second kappa shape index (κ2) is 9.26. The molecule has 0 saturated heterocycles. The van der Waals surface area contributed by atoms with Crippen LogP contribution < -0.4 is 0 Å². The van der Waals surface area contributed by atoms with Crippen molar-refractivity contribution >= 4 is 6.01 Å². The fourth-order valence-corrected chi connectivity index (χ4v) is 2.51. The first kappa shape index (κ1) is 17.3. The molecule has 0 spiro atoms. The molecule has 4 nitrogen and oxygen atoms in total. The Morgan fingerprint density at radius 2 is 1.28 bits per heavy atom. The van der Waals surface area contributed by atoms with Crippen LogP contribution in [0.1, 0.15) is 48.0 Å². The van der Waals surface area contributed by atoms with E-state index in [9.17, 15) is 0 Å². The molecule has 0 aromatic carbocycles. The lowest BCUT2D eigenvalue weighted by atomic mass is 10.1. The van der Waals surface area contributed by atoms with Crippen LogP contribution in [-0.2, 0) is 0 Å². The molecule has 0 aromatic rings. The van der Waals surface area contributed by atoms with Gasteiger partial charge in [-0.1, -0.05) is 34.6 Å². The van der Waals surface area contributed by atoms with E-state index in [-0.39, 0.29) is 5.79 Å². The van der Waals surface area contributed by atoms with Gasteiger partial charge < -0.3 is 0 Å². The lowest BCUT2D eigenvalue weighted by Gasteiger charge is -2.45. The highest BCUT2D eigenvalue weighted by Gasteiger charge is 2.37. The summed E-state index contributed by atoms with van der Waals surface area (Å²) in [4.78, 5) is 13.6. The molecule has 0 atom stereocenters. The Labute approximate surface area is 113 Å². The first-order chi connectivity index (χ1) is 8.66. The molecule has 0 aliphatic rings. The van der Waals surface area contributed by atoms with E-state index in [1.807, 2.05) is 6.92 Å². The zero-order chi connectivity index (χ0) is 14.0. The van der Waals surface area contributed by atoms with Gasteiger partial charge in [0.25, 0.3) is 0 Å². The van der Waals surface area contributed by atoms with E-state index in [2.05, 4.69) is 60.4 Å². The van der Waals surface area contributed by atoms with E-state index in [4.69, 9.17) is 0 Å². The number of nitrogens with zero attached hydrogens (tertiary/aromatic N) is 4. The van der Waals surface area contributed by atoms with Gasteiger partial charge in [0.2, 0.25) is 0 Å². The average Bonchev–Trinajstić information content (AvgIpc) is 2.40. The number of rotatable bonds is 9. The van der Waals surface area contributed by atoms with Gasteiger partial charge in [0.05, 0.1) is 6.01 Å². The lowest BCUT2D eigenvalue weighted by molar-refractivity contribution is -0.0461. The van der Waals surface area contributed by atoms with Crippen molar-refractivity contribution in [2.24, 2.45) is 9.98 Å². The summed E-state index contributed by atoms with van der Waals surface area (Å²) in [5.41, 5.74) is 0. The summed E-state index contributed by atoms with van der Waals surface area (Å²) >= 11 is 0. The van der Waals surface area contributed by atoms with Gasteiger partial charge in [-0.15, -0.1) is 0 Å². The van der Waals surface area contributed by atoms with Crippen molar-refractivity contribution in [2.75, 3.05) is 32.7 Å². The minimum atomic E-state index is -0.286. The summed E-state index contributed by atoms with van der Waals surface area (Å²) in [5.74, 6) is -0.286. The predicted octanol–water partition coefficient (Wildman–Crippen LogP) is 2.93. The average molecular weight is 254 g/mol. The van der Waals surface area contributed by atoms with Crippen molar-refractivity contribution in [3.8, 4) is 0 Å². The van der Waals surface area contributed by atoms with Gasteiger partial charge in [0.1, 0.15) is 0 Å². The molecular formula is C14H30N4. The fourth-order valence-electron chi connectivity index (χ4n) is 2.51. The molecule has 0 amide bonds. The highest BCUT2D eigenvalue weighted by atomic mass is 15.5. The molecular weight excluding hydrogens is 224 g/mol. The molecule has 0 heterocycles.